The maximum atomic E-state index is 11.6. The smallest absolute Gasteiger partial charge is 0.321 e. The Kier molecular flexibility index (Phi) is 3.97. The Balaban J connectivity index is 2.16. The SMILES string of the molecule is CC(=O)ON[C@@H](Cc1c[nH]c2ccccc12)C(C)=O. The van der Waals surface area contributed by atoms with E-state index < -0.39 is 12.0 Å². The minimum Gasteiger partial charge on any atom is -0.370 e. The van der Waals surface area contributed by atoms with Crippen molar-refractivity contribution in [3.05, 3.63) is 36.0 Å². The van der Waals surface area contributed by atoms with E-state index in [1.54, 1.807) is 0 Å². The van der Waals surface area contributed by atoms with Crippen molar-refractivity contribution in [1.29, 1.82) is 0 Å². The number of hydroxylamine groups is 1. The molecule has 5 nitrogen and oxygen atoms in total. The van der Waals surface area contributed by atoms with Crippen LogP contribution in [0.15, 0.2) is 30.5 Å². The van der Waals surface area contributed by atoms with Gasteiger partial charge in [-0.2, -0.15) is 0 Å². The molecule has 0 amide bonds. The predicted octanol–water partition coefficient (Wildman–Crippen LogP) is 1.74. The fraction of sp³-hybridized carbons (Fsp3) is 0.286. The van der Waals surface area contributed by atoms with Gasteiger partial charge in [0.1, 0.15) is 11.8 Å². The summed E-state index contributed by atoms with van der Waals surface area (Å²) in [6.45, 7) is 2.76. The van der Waals surface area contributed by atoms with E-state index in [1.165, 1.54) is 13.8 Å². The molecule has 0 bridgehead atoms. The molecule has 100 valence electrons. The summed E-state index contributed by atoms with van der Waals surface area (Å²) in [5.74, 6) is -0.545. The molecule has 0 unspecified atom stereocenters. The number of H-pyrrole nitrogens is 1. The lowest BCUT2D eigenvalue weighted by Gasteiger charge is -2.14. The number of carbonyl (C=O) groups is 2. The average Bonchev–Trinajstić information content (AvgIpc) is 2.77. The van der Waals surface area contributed by atoms with E-state index in [0.717, 1.165) is 16.5 Å². The zero-order valence-electron chi connectivity index (χ0n) is 10.9. The highest BCUT2D eigenvalue weighted by Crippen LogP contribution is 2.19. The maximum absolute atomic E-state index is 11.6. The normalized spacial score (nSPS) is 12.3. The van der Waals surface area contributed by atoms with E-state index in [4.69, 9.17) is 4.84 Å². The van der Waals surface area contributed by atoms with Gasteiger partial charge in [0.2, 0.25) is 0 Å². The van der Waals surface area contributed by atoms with Crippen LogP contribution in [0.2, 0.25) is 0 Å². The number of fused-ring (bicyclic) bond motifs is 1. The van der Waals surface area contributed by atoms with Gasteiger partial charge in [0.15, 0.2) is 0 Å². The van der Waals surface area contributed by atoms with Crippen LogP contribution < -0.4 is 5.48 Å². The largest absolute Gasteiger partial charge is 0.370 e. The second kappa shape index (κ2) is 5.67. The monoisotopic (exact) mass is 260 g/mol. The lowest BCUT2D eigenvalue weighted by Crippen LogP contribution is -2.38. The van der Waals surface area contributed by atoms with Crippen molar-refractivity contribution in [2.24, 2.45) is 0 Å². The lowest BCUT2D eigenvalue weighted by molar-refractivity contribution is -0.151. The molecular weight excluding hydrogens is 244 g/mol. The van der Waals surface area contributed by atoms with Crippen LogP contribution in [0.1, 0.15) is 19.4 Å². The van der Waals surface area contributed by atoms with Crippen molar-refractivity contribution in [3.8, 4) is 0 Å². The second-order valence-electron chi connectivity index (χ2n) is 4.44. The van der Waals surface area contributed by atoms with E-state index in [0.29, 0.717) is 6.42 Å². The molecule has 0 aliphatic heterocycles. The third-order valence-electron chi connectivity index (χ3n) is 2.93. The molecule has 2 aromatic rings. The zero-order chi connectivity index (χ0) is 13.8. The first kappa shape index (κ1) is 13.3. The molecule has 0 saturated heterocycles. The number of para-hydroxylation sites is 1. The van der Waals surface area contributed by atoms with Crippen LogP contribution in [0.4, 0.5) is 0 Å². The molecular formula is C14H16N2O3. The number of Topliss-reactive ketones (excluding diaryl/α,β-unsaturated/α-hetero) is 1. The predicted molar refractivity (Wildman–Crippen MR) is 71.4 cm³/mol. The van der Waals surface area contributed by atoms with Crippen LogP contribution in [0.3, 0.4) is 0 Å². The third-order valence-corrected chi connectivity index (χ3v) is 2.93. The van der Waals surface area contributed by atoms with Crippen molar-refractivity contribution >= 4 is 22.7 Å². The first-order chi connectivity index (χ1) is 9.08. The van der Waals surface area contributed by atoms with Gasteiger partial charge in [-0.25, -0.2) is 0 Å². The minimum atomic E-state index is -0.539. The summed E-state index contributed by atoms with van der Waals surface area (Å²) in [7, 11) is 0. The molecule has 1 aromatic carbocycles. The van der Waals surface area contributed by atoms with Crippen LogP contribution >= 0.6 is 0 Å². The second-order valence-corrected chi connectivity index (χ2v) is 4.44. The minimum absolute atomic E-state index is 0.0773. The molecule has 19 heavy (non-hydrogen) atoms. The molecule has 0 aliphatic rings. The summed E-state index contributed by atoms with van der Waals surface area (Å²) in [6.07, 6.45) is 2.34. The Morgan fingerprint density at radius 3 is 2.74 bits per heavy atom. The van der Waals surface area contributed by atoms with Gasteiger partial charge in [0.05, 0.1) is 0 Å². The Hall–Kier alpha value is -2.14. The van der Waals surface area contributed by atoms with Gasteiger partial charge in [-0.3, -0.25) is 9.59 Å². The number of rotatable bonds is 5. The van der Waals surface area contributed by atoms with E-state index in [9.17, 15) is 9.59 Å². The summed E-state index contributed by atoms with van der Waals surface area (Å²) in [6, 6.07) is 7.32. The number of carbonyl (C=O) groups excluding carboxylic acids is 2. The van der Waals surface area contributed by atoms with Gasteiger partial charge in [-0.15, -0.1) is 5.48 Å². The highest BCUT2D eigenvalue weighted by molar-refractivity contribution is 5.86. The molecule has 0 saturated carbocycles. The van der Waals surface area contributed by atoms with Gasteiger partial charge >= 0.3 is 5.97 Å². The van der Waals surface area contributed by atoms with E-state index in [1.807, 2.05) is 30.5 Å². The molecule has 0 radical (unpaired) electrons. The van der Waals surface area contributed by atoms with E-state index in [2.05, 4.69) is 10.5 Å². The van der Waals surface area contributed by atoms with E-state index >= 15 is 0 Å². The quantitative estimate of drug-likeness (QED) is 0.803. The topological polar surface area (TPSA) is 71.2 Å². The highest BCUT2D eigenvalue weighted by Gasteiger charge is 2.18. The summed E-state index contributed by atoms with van der Waals surface area (Å²) >= 11 is 0. The van der Waals surface area contributed by atoms with Crippen molar-refractivity contribution < 1.29 is 14.4 Å². The molecule has 0 aliphatic carbocycles. The van der Waals surface area contributed by atoms with Gasteiger partial charge in [-0.05, 0) is 18.6 Å². The molecule has 1 aromatic heterocycles. The Labute approximate surface area is 110 Å². The van der Waals surface area contributed by atoms with Crippen LogP contribution in [0.25, 0.3) is 10.9 Å². The first-order valence-electron chi connectivity index (χ1n) is 6.06. The number of aromatic nitrogens is 1. The van der Waals surface area contributed by atoms with Gasteiger partial charge in [0, 0.05) is 30.4 Å². The van der Waals surface area contributed by atoms with Crippen LogP contribution in [0, 0.1) is 0 Å². The van der Waals surface area contributed by atoms with Gasteiger partial charge in [-0.1, -0.05) is 18.2 Å². The molecule has 5 heteroatoms. The summed E-state index contributed by atoms with van der Waals surface area (Å²) in [4.78, 5) is 30.2. The van der Waals surface area contributed by atoms with Gasteiger partial charge in [0.25, 0.3) is 0 Å². The summed E-state index contributed by atoms with van der Waals surface area (Å²) < 4.78 is 0. The number of hydrogen-bond acceptors (Lipinski definition) is 4. The lowest BCUT2D eigenvalue weighted by atomic mass is 10.0. The van der Waals surface area contributed by atoms with Crippen LogP contribution in [-0.2, 0) is 20.8 Å². The average molecular weight is 260 g/mol. The molecule has 1 heterocycles. The van der Waals surface area contributed by atoms with Crippen molar-refractivity contribution in [1.82, 2.24) is 10.5 Å². The van der Waals surface area contributed by atoms with Crippen molar-refractivity contribution in [2.45, 2.75) is 26.3 Å². The Morgan fingerprint density at radius 1 is 1.32 bits per heavy atom. The Bertz CT molecular complexity index is 604. The number of nitrogens with one attached hydrogen (secondary N) is 2. The maximum Gasteiger partial charge on any atom is 0.321 e. The Morgan fingerprint density at radius 2 is 2.05 bits per heavy atom. The molecule has 0 spiro atoms. The highest BCUT2D eigenvalue weighted by atomic mass is 16.7. The number of aromatic amines is 1. The zero-order valence-corrected chi connectivity index (χ0v) is 10.9. The third kappa shape index (κ3) is 3.20. The summed E-state index contributed by atoms with van der Waals surface area (Å²) in [5, 5.41) is 1.07. The van der Waals surface area contributed by atoms with Crippen LogP contribution in [-0.4, -0.2) is 22.8 Å². The van der Waals surface area contributed by atoms with Gasteiger partial charge < -0.3 is 9.82 Å². The number of hydrogen-bond donors (Lipinski definition) is 2. The molecule has 1 atom stereocenters. The standard InChI is InChI=1S/C14H16N2O3/c1-9(17)14(16-19-10(2)18)7-11-8-15-13-6-4-3-5-12(11)13/h3-6,8,14-16H,7H2,1-2H3/t14-/m0/s1. The van der Waals surface area contributed by atoms with E-state index in [-0.39, 0.29) is 5.78 Å². The van der Waals surface area contributed by atoms with Crippen molar-refractivity contribution in [3.63, 3.8) is 0 Å². The fourth-order valence-electron chi connectivity index (χ4n) is 1.94. The molecule has 0 fully saturated rings. The molecule has 2 N–H and O–H groups in total. The van der Waals surface area contributed by atoms with Crippen LogP contribution in [0.5, 0.6) is 0 Å². The summed E-state index contributed by atoms with van der Waals surface area (Å²) in [5.41, 5.74) is 4.54. The first-order valence-corrected chi connectivity index (χ1v) is 6.06. The molecule has 2 rings (SSSR count). The van der Waals surface area contributed by atoms with Crippen molar-refractivity contribution in [2.75, 3.05) is 0 Å². The number of benzene rings is 1. The number of ketones is 1. The fourth-order valence-corrected chi connectivity index (χ4v) is 1.94.